The van der Waals surface area contributed by atoms with Crippen LogP contribution in [-0.2, 0) is 16.4 Å². The van der Waals surface area contributed by atoms with Gasteiger partial charge in [0.05, 0.1) is 17.2 Å². The fourth-order valence-electron chi connectivity index (χ4n) is 2.81. The van der Waals surface area contributed by atoms with E-state index in [0.717, 1.165) is 11.3 Å². The molecule has 0 aliphatic carbocycles. The number of aliphatic imine (C=N–C) groups is 1. The first-order valence-corrected chi connectivity index (χ1v) is 11.5. The zero-order chi connectivity index (χ0) is 21.2. The van der Waals surface area contributed by atoms with Crippen LogP contribution in [0.1, 0.15) is 19.0 Å². The van der Waals surface area contributed by atoms with Gasteiger partial charge >= 0.3 is 0 Å². The number of oxazole rings is 1. The number of nitrogens with zero attached hydrogens (tertiary/aromatic N) is 2. The van der Waals surface area contributed by atoms with Gasteiger partial charge in [-0.25, -0.2) is 18.4 Å². The fourth-order valence-corrected chi connectivity index (χ4v) is 4.14. The third-order valence-electron chi connectivity index (χ3n) is 4.30. The molecular formula is C22H27IN4O3S. The molecule has 0 radical (unpaired) electrons. The number of nitrogens with one attached hydrogen (secondary N) is 2. The van der Waals surface area contributed by atoms with Gasteiger partial charge in [-0.05, 0) is 37.6 Å². The normalized spacial score (nSPS) is 11.6. The van der Waals surface area contributed by atoms with Crippen molar-refractivity contribution in [3.8, 4) is 11.5 Å². The van der Waals surface area contributed by atoms with Crippen LogP contribution >= 0.6 is 24.0 Å². The summed E-state index contributed by atoms with van der Waals surface area (Å²) in [6, 6.07) is 18.2. The molecule has 2 N–H and O–H groups in total. The first kappa shape index (κ1) is 24.9. The molecule has 7 nitrogen and oxygen atoms in total. The van der Waals surface area contributed by atoms with E-state index in [1.54, 1.807) is 36.6 Å². The molecule has 0 saturated heterocycles. The Morgan fingerprint density at radius 1 is 1.03 bits per heavy atom. The van der Waals surface area contributed by atoms with E-state index in [1.807, 2.05) is 37.3 Å². The number of hydrogen-bond donors (Lipinski definition) is 2. The molecule has 2 aromatic carbocycles. The highest BCUT2D eigenvalue weighted by Gasteiger charge is 2.13. The van der Waals surface area contributed by atoms with E-state index in [1.165, 1.54) is 0 Å². The lowest BCUT2D eigenvalue weighted by Crippen LogP contribution is -2.38. The number of rotatable bonds is 9. The predicted octanol–water partition coefficient (Wildman–Crippen LogP) is 3.88. The molecule has 3 rings (SSSR count). The maximum absolute atomic E-state index is 12.3. The van der Waals surface area contributed by atoms with Gasteiger partial charge in [-0.2, -0.15) is 0 Å². The van der Waals surface area contributed by atoms with Gasteiger partial charge in [-0.3, -0.25) is 0 Å². The maximum Gasteiger partial charge on any atom is 0.226 e. The van der Waals surface area contributed by atoms with Crippen LogP contribution in [0.3, 0.4) is 0 Å². The van der Waals surface area contributed by atoms with Crippen LogP contribution in [0.15, 0.2) is 81.2 Å². The highest BCUT2D eigenvalue weighted by atomic mass is 127. The molecule has 0 spiro atoms. The van der Waals surface area contributed by atoms with Crippen molar-refractivity contribution in [2.45, 2.75) is 24.8 Å². The van der Waals surface area contributed by atoms with E-state index in [4.69, 9.17) is 4.42 Å². The fraction of sp³-hybridized carbons (Fsp3) is 0.273. The van der Waals surface area contributed by atoms with Crippen molar-refractivity contribution in [3.63, 3.8) is 0 Å². The van der Waals surface area contributed by atoms with E-state index in [-0.39, 0.29) is 29.7 Å². The molecule has 0 saturated carbocycles. The molecule has 0 aliphatic rings. The Kier molecular flexibility index (Phi) is 9.99. The second-order valence-electron chi connectivity index (χ2n) is 6.62. The SMILES string of the molecule is CCNC(=NCc1coc(-c2ccccc2)n1)NCCCS(=O)(=O)c1ccccc1.I. The Bertz CT molecular complexity index is 1050. The molecule has 31 heavy (non-hydrogen) atoms. The molecule has 0 amide bonds. The molecule has 1 heterocycles. The van der Waals surface area contributed by atoms with Gasteiger partial charge in [0, 0.05) is 18.7 Å². The first-order valence-electron chi connectivity index (χ1n) is 9.88. The van der Waals surface area contributed by atoms with Gasteiger partial charge in [0.15, 0.2) is 15.8 Å². The lowest BCUT2D eigenvalue weighted by molar-refractivity contribution is 0.572. The van der Waals surface area contributed by atoms with Crippen LogP contribution in [-0.4, -0.2) is 38.2 Å². The van der Waals surface area contributed by atoms with Crippen molar-refractivity contribution in [2.24, 2.45) is 4.99 Å². The van der Waals surface area contributed by atoms with E-state index in [0.29, 0.717) is 42.8 Å². The number of halogens is 1. The van der Waals surface area contributed by atoms with Crippen LogP contribution in [0.4, 0.5) is 0 Å². The molecule has 166 valence electrons. The maximum atomic E-state index is 12.3. The first-order chi connectivity index (χ1) is 14.6. The Morgan fingerprint density at radius 3 is 2.39 bits per heavy atom. The van der Waals surface area contributed by atoms with Crippen LogP contribution < -0.4 is 10.6 Å². The molecule has 0 aliphatic heterocycles. The average Bonchev–Trinajstić information content (AvgIpc) is 3.25. The Balaban J connectivity index is 0.00000341. The Hall–Kier alpha value is -2.40. The van der Waals surface area contributed by atoms with Crippen LogP contribution in [0.25, 0.3) is 11.5 Å². The molecule has 3 aromatic rings. The quantitative estimate of drug-likeness (QED) is 0.181. The molecule has 1 aromatic heterocycles. The van der Waals surface area contributed by atoms with Crippen molar-refractivity contribution in [3.05, 3.63) is 72.6 Å². The van der Waals surface area contributed by atoms with Gasteiger partial charge in [-0.1, -0.05) is 36.4 Å². The third kappa shape index (κ3) is 7.66. The zero-order valence-corrected chi connectivity index (χ0v) is 20.5. The number of hydrogen-bond acceptors (Lipinski definition) is 5. The van der Waals surface area contributed by atoms with Crippen LogP contribution in [0, 0.1) is 0 Å². The highest BCUT2D eigenvalue weighted by Crippen LogP contribution is 2.18. The third-order valence-corrected chi connectivity index (χ3v) is 6.12. The number of benzene rings is 2. The van der Waals surface area contributed by atoms with Crippen molar-refractivity contribution < 1.29 is 12.8 Å². The predicted molar refractivity (Wildman–Crippen MR) is 133 cm³/mol. The average molecular weight is 554 g/mol. The topological polar surface area (TPSA) is 96.6 Å². The molecule has 0 bridgehead atoms. The molecule has 0 atom stereocenters. The summed E-state index contributed by atoms with van der Waals surface area (Å²) in [5, 5.41) is 6.32. The highest BCUT2D eigenvalue weighted by molar-refractivity contribution is 14.0. The van der Waals surface area contributed by atoms with Crippen molar-refractivity contribution in [1.29, 1.82) is 0 Å². The standard InChI is InChI=1S/C22H26N4O3S.HI/c1-2-23-22(24-14-9-15-30(27,28)20-12-7-4-8-13-20)25-16-19-17-29-21(26-19)18-10-5-3-6-11-18;/h3-8,10-13,17H,2,9,14-16H2,1H3,(H2,23,24,25);1H. The Morgan fingerprint density at radius 2 is 1.71 bits per heavy atom. The van der Waals surface area contributed by atoms with Gasteiger partial charge in [0.2, 0.25) is 5.89 Å². The summed E-state index contributed by atoms with van der Waals surface area (Å²) in [6.07, 6.45) is 2.07. The van der Waals surface area contributed by atoms with Gasteiger partial charge in [0.25, 0.3) is 0 Å². The van der Waals surface area contributed by atoms with E-state index >= 15 is 0 Å². The van der Waals surface area contributed by atoms with Gasteiger partial charge < -0.3 is 15.1 Å². The van der Waals surface area contributed by atoms with Gasteiger partial charge in [0.1, 0.15) is 12.0 Å². The largest absolute Gasteiger partial charge is 0.444 e. The second-order valence-corrected chi connectivity index (χ2v) is 8.73. The summed E-state index contributed by atoms with van der Waals surface area (Å²) in [5.41, 5.74) is 1.63. The van der Waals surface area contributed by atoms with E-state index in [2.05, 4.69) is 20.6 Å². The minimum atomic E-state index is -3.27. The molecule has 9 heteroatoms. The lowest BCUT2D eigenvalue weighted by Gasteiger charge is -2.11. The zero-order valence-electron chi connectivity index (χ0n) is 17.3. The Labute approximate surface area is 200 Å². The summed E-state index contributed by atoms with van der Waals surface area (Å²) in [5.74, 6) is 1.25. The number of aromatic nitrogens is 1. The van der Waals surface area contributed by atoms with Gasteiger partial charge in [-0.15, -0.1) is 24.0 Å². The second kappa shape index (κ2) is 12.5. The summed E-state index contributed by atoms with van der Waals surface area (Å²) in [7, 11) is -3.27. The summed E-state index contributed by atoms with van der Waals surface area (Å²) in [4.78, 5) is 9.32. The minimum Gasteiger partial charge on any atom is -0.444 e. The van der Waals surface area contributed by atoms with Crippen molar-refractivity contribution in [1.82, 2.24) is 15.6 Å². The summed E-state index contributed by atoms with van der Waals surface area (Å²) >= 11 is 0. The minimum absolute atomic E-state index is 0. The van der Waals surface area contributed by atoms with Crippen LogP contribution in [0.5, 0.6) is 0 Å². The monoisotopic (exact) mass is 554 g/mol. The lowest BCUT2D eigenvalue weighted by atomic mass is 10.2. The van der Waals surface area contributed by atoms with Crippen molar-refractivity contribution >= 4 is 39.8 Å². The summed E-state index contributed by atoms with van der Waals surface area (Å²) in [6.45, 7) is 3.52. The van der Waals surface area contributed by atoms with E-state index < -0.39 is 9.84 Å². The van der Waals surface area contributed by atoms with E-state index in [9.17, 15) is 8.42 Å². The molecule has 0 fully saturated rings. The number of guanidine groups is 1. The smallest absolute Gasteiger partial charge is 0.226 e. The number of sulfone groups is 1. The molecular weight excluding hydrogens is 527 g/mol. The summed E-state index contributed by atoms with van der Waals surface area (Å²) < 4.78 is 30.2. The van der Waals surface area contributed by atoms with Crippen LogP contribution in [0.2, 0.25) is 0 Å². The molecule has 0 unspecified atom stereocenters. The van der Waals surface area contributed by atoms with Crippen molar-refractivity contribution in [2.75, 3.05) is 18.8 Å².